The monoisotopic (exact) mass is 539 g/mol. The van der Waals surface area contributed by atoms with E-state index in [9.17, 15) is 9.59 Å². The van der Waals surface area contributed by atoms with Gasteiger partial charge in [-0.2, -0.15) is 0 Å². The number of nitrogens with one attached hydrogen (secondary N) is 3. The number of benzene rings is 2. The predicted octanol–water partition coefficient (Wildman–Crippen LogP) is 5.10. The Morgan fingerprint density at radius 2 is 1.72 bits per heavy atom. The molecule has 2 aromatic rings. The Balaban J connectivity index is 1.98. The van der Waals surface area contributed by atoms with Gasteiger partial charge in [-0.15, -0.1) is 0 Å². The number of amides is 2. The fourth-order valence-corrected chi connectivity index (χ4v) is 3.93. The molecule has 0 aliphatic rings. The number of ether oxygens (including phenoxy) is 1. The number of carbonyl (C=O) groups excluding carboxylic acids is 2. The Kier molecular flexibility index (Phi) is 8.81. The highest BCUT2D eigenvalue weighted by molar-refractivity contribution is 9.11. The zero-order chi connectivity index (χ0) is 21.4. The first-order valence-corrected chi connectivity index (χ1v) is 10.5. The molecule has 0 radical (unpaired) electrons. The molecule has 2 rings (SSSR count). The van der Waals surface area contributed by atoms with Crippen LogP contribution in [0, 0.1) is 0 Å². The fourth-order valence-electron chi connectivity index (χ4n) is 2.28. The highest BCUT2D eigenvalue weighted by Crippen LogP contribution is 2.33. The van der Waals surface area contributed by atoms with Gasteiger partial charge in [-0.25, -0.2) is 0 Å². The minimum Gasteiger partial charge on any atom is -0.495 e. The standard InChI is InChI=1S/C20H19Br2N3O3S/c1-3-17(26)25-20(29)24-15-7-5-14(6-8-15)23-18(27)9-4-12-10-13(21)11-16(22)19(12)28-2/h4-11H,3H2,1-2H3,(H,23,27)(H2,24,25,26,29)/b9-4+. The van der Waals surface area contributed by atoms with Crippen LogP contribution in [0.5, 0.6) is 5.75 Å². The molecule has 3 N–H and O–H groups in total. The van der Waals surface area contributed by atoms with Crippen molar-refractivity contribution in [2.75, 3.05) is 17.7 Å². The molecule has 29 heavy (non-hydrogen) atoms. The highest BCUT2D eigenvalue weighted by atomic mass is 79.9. The second-order valence-electron chi connectivity index (χ2n) is 5.77. The summed E-state index contributed by atoms with van der Waals surface area (Å²) in [6.45, 7) is 1.75. The van der Waals surface area contributed by atoms with Crippen LogP contribution in [0.3, 0.4) is 0 Å². The number of methoxy groups -OCH3 is 1. The van der Waals surface area contributed by atoms with Gasteiger partial charge in [0.05, 0.1) is 11.6 Å². The summed E-state index contributed by atoms with van der Waals surface area (Å²) in [6.07, 6.45) is 3.45. The molecule has 0 fully saturated rings. The maximum Gasteiger partial charge on any atom is 0.248 e. The Labute approximate surface area is 191 Å². The van der Waals surface area contributed by atoms with Crippen LogP contribution in [-0.4, -0.2) is 24.0 Å². The van der Waals surface area contributed by atoms with E-state index in [0.29, 0.717) is 23.5 Å². The maximum absolute atomic E-state index is 12.2. The highest BCUT2D eigenvalue weighted by Gasteiger charge is 2.08. The molecule has 0 unspecified atom stereocenters. The Morgan fingerprint density at radius 3 is 2.31 bits per heavy atom. The molecular weight excluding hydrogens is 522 g/mol. The van der Waals surface area contributed by atoms with E-state index < -0.39 is 0 Å². The summed E-state index contributed by atoms with van der Waals surface area (Å²) in [5, 5.41) is 8.48. The average Bonchev–Trinajstić information content (AvgIpc) is 2.67. The zero-order valence-corrected chi connectivity index (χ0v) is 19.7. The molecule has 0 atom stereocenters. The first-order valence-electron chi connectivity index (χ1n) is 8.55. The molecule has 0 spiro atoms. The molecule has 2 amide bonds. The molecule has 0 aromatic heterocycles. The molecule has 0 saturated carbocycles. The van der Waals surface area contributed by atoms with Gasteiger partial charge in [-0.05, 0) is 70.6 Å². The van der Waals surface area contributed by atoms with Crippen LogP contribution in [0.4, 0.5) is 11.4 Å². The van der Waals surface area contributed by atoms with Crippen LogP contribution in [0.15, 0.2) is 51.4 Å². The van der Waals surface area contributed by atoms with E-state index in [0.717, 1.165) is 14.5 Å². The third-order valence-corrected chi connectivity index (χ3v) is 4.89. The summed E-state index contributed by atoms with van der Waals surface area (Å²) in [6, 6.07) is 10.7. The van der Waals surface area contributed by atoms with Crippen LogP contribution in [0.1, 0.15) is 18.9 Å². The van der Waals surface area contributed by atoms with Gasteiger partial charge in [0.2, 0.25) is 11.8 Å². The summed E-state index contributed by atoms with van der Waals surface area (Å²) >= 11 is 11.9. The zero-order valence-electron chi connectivity index (χ0n) is 15.7. The van der Waals surface area contributed by atoms with E-state index in [1.165, 1.54) is 6.08 Å². The number of hydrogen-bond acceptors (Lipinski definition) is 4. The minimum absolute atomic E-state index is 0.160. The summed E-state index contributed by atoms with van der Waals surface area (Å²) < 4.78 is 7.01. The van der Waals surface area contributed by atoms with Crippen LogP contribution in [-0.2, 0) is 9.59 Å². The summed E-state index contributed by atoms with van der Waals surface area (Å²) in [4.78, 5) is 23.6. The van der Waals surface area contributed by atoms with Crippen LogP contribution >= 0.6 is 44.1 Å². The lowest BCUT2D eigenvalue weighted by atomic mass is 10.2. The molecule has 0 bridgehead atoms. The molecule has 0 saturated heterocycles. The Hall–Kier alpha value is -2.23. The van der Waals surface area contributed by atoms with Crippen LogP contribution in [0.2, 0.25) is 0 Å². The molecule has 6 nitrogen and oxygen atoms in total. The van der Waals surface area contributed by atoms with E-state index in [-0.39, 0.29) is 16.9 Å². The first kappa shape index (κ1) is 23.1. The minimum atomic E-state index is -0.283. The molecule has 9 heteroatoms. The topological polar surface area (TPSA) is 79.5 Å². The summed E-state index contributed by atoms with van der Waals surface area (Å²) in [5.41, 5.74) is 2.07. The largest absolute Gasteiger partial charge is 0.495 e. The lowest BCUT2D eigenvalue weighted by molar-refractivity contribution is -0.119. The van der Waals surface area contributed by atoms with E-state index >= 15 is 0 Å². The molecular formula is C20H19Br2N3O3S. The van der Waals surface area contributed by atoms with Crippen molar-refractivity contribution >= 4 is 78.5 Å². The van der Waals surface area contributed by atoms with Gasteiger partial charge in [0.1, 0.15) is 5.75 Å². The van der Waals surface area contributed by atoms with Crippen molar-refractivity contribution in [2.24, 2.45) is 0 Å². The van der Waals surface area contributed by atoms with E-state index in [2.05, 4.69) is 47.8 Å². The quantitative estimate of drug-likeness (QED) is 0.351. The predicted molar refractivity (Wildman–Crippen MR) is 127 cm³/mol. The number of hydrogen-bond donors (Lipinski definition) is 3. The van der Waals surface area contributed by atoms with Crippen molar-refractivity contribution in [1.82, 2.24) is 5.32 Å². The van der Waals surface area contributed by atoms with Gasteiger partial charge >= 0.3 is 0 Å². The molecule has 152 valence electrons. The van der Waals surface area contributed by atoms with Crippen molar-refractivity contribution < 1.29 is 14.3 Å². The number of carbonyl (C=O) groups is 2. The maximum atomic E-state index is 12.2. The van der Waals surface area contributed by atoms with Gasteiger partial charge < -0.3 is 20.7 Å². The number of rotatable bonds is 6. The van der Waals surface area contributed by atoms with Crippen molar-refractivity contribution in [3.8, 4) is 5.75 Å². The SMILES string of the molecule is CCC(=O)NC(=S)Nc1ccc(NC(=O)/C=C/c2cc(Br)cc(Br)c2OC)cc1. The second-order valence-corrected chi connectivity index (χ2v) is 7.94. The average molecular weight is 541 g/mol. The number of anilines is 2. The summed E-state index contributed by atoms with van der Waals surface area (Å²) in [5.74, 6) is 0.195. The molecule has 0 aliphatic carbocycles. The van der Waals surface area contributed by atoms with Gasteiger partial charge in [0, 0.05) is 33.9 Å². The van der Waals surface area contributed by atoms with Crippen LogP contribution < -0.4 is 20.7 Å². The van der Waals surface area contributed by atoms with Gasteiger partial charge in [-0.3, -0.25) is 9.59 Å². The lowest BCUT2D eigenvalue weighted by Crippen LogP contribution is -2.33. The van der Waals surface area contributed by atoms with Crippen molar-refractivity contribution in [1.29, 1.82) is 0 Å². The molecule has 0 aliphatic heterocycles. The normalized spacial score (nSPS) is 10.5. The fraction of sp³-hybridized carbons (Fsp3) is 0.150. The van der Waals surface area contributed by atoms with Crippen LogP contribution in [0.25, 0.3) is 6.08 Å². The third kappa shape index (κ3) is 7.26. The van der Waals surface area contributed by atoms with Gasteiger partial charge in [-0.1, -0.05) is 22.9 Å². The van der Waals surface area contributed by atoms with E-state index in [1.807, 2.05) is 12.1 Å². The smallest absolute Gasteiger partial charge is 0.248 e. The van der Waals surface area contributed by atoms with Gasteiger partial charge in [0.25, 0.3) is 0 Å². The van der Waals surface area contributed by atoms with E-state index in [4.69, 9.17) is 17.0 Å². The second kappa shape index (κ2) is 11.1. The lowest BCUT2D eigenvalue weighted by Gasteiger charge is -2.10. The summed E-state index contributed by atoms with van der Waals surface area (Å²) in [7, 11) is 1.57. The Bertz CT molecular complexity index is 947. The van der Waals surface area contributed by atoms with Gasteiger partial charge in [0.15, 0.2) is 5.11 Å². The first-order chi connectivity index (χ1) is 13.8. The third-order valence-electron chi connectivity index (χ3n) is 3.64. The number of thiocarbonyl (C=S) groups is 1. The van der Waals surface area contributed by atoms with Crippen molar-refractivity contribution in [2.45, 2.75) is 13.3 Å². The molecule has 2 aromatic carbocycles. The van der Waals surface area contributed by atoms with Crippen molar-refractivity contribution in [3.05, 3.63) is 57.0 Å². The number of halogens is 2. The molecule has 0 heterocycles. The van der Waals surface area contributed by atoms with Crippen molar-refractivity contribution in [3.63, 3.8) is 0 Å². The van der Waals surface area contributed by atoms with E-state index in [1.54, 1.807) is 44.4 Å². The Morgan fingerprint density at radius 1 is 1.10 bits per heavy atom.